The van der Waals surface area contributed by atoms with Gasteiger partial charge < -0.3 is 14.7 Å². The van der Waals surface area contributed by atoms with E-state index in [0.717, 1.165) is 33.4 Å². The van der Waals surface area contributed by atoms with Gasteiger partial charge in [-0.3, -0.25) is 13.7 Å². The molecular weight excluding hydrogens is 513 g/mol. The Bertz CT molecular complexity index is 1340. The van der Waals surface area contributed by atoms with Crippen LogP contribution in [0.3, 0.4) is 0 Å². The van der Waals surface area contributed by atoms with Crippen LogP contribution in [0.2, 0.25) is 0 Å². The number of hydrogen-bond acceptors (Lipinski definition) is 3. The molecule has 9 heteroatoms. The summed E-state index contributed by atoms with van der Waals surface area (Å²) in [4.78, 5) is 29.6. The summed E-state index contributed by atoms with van der Waals surface area (Å²) >= 11 is 0. The third-order valence-electron chi connectivity index (χ3n) is 5.97. The minimum atomic E-state index is -3.37. The van der Waals surface area contributed by atoms with E-state index < -0.39 is 22.1 Å². The van der Waals surface area contributed by atoms with Gasteiger partial charge in [0.15, 0.2) is 0 Å². The predicted octanol–water partition coefficient (Wildman–Crippen LogP) is 5.26. The summed E-state index contributed by atoms with van der Waals surface area (Å²) in [6, 6.07) is 26.6. The summed E-state index contributed by atoms with van der Waals surface area (Å²) in [5, 5.41) is 1.11. The Morgan fingerprint density at radius 1 is 0.389 bits per heavy atom. The van der Waals surface area contributed by atoms with Crippen molar-refractivity contribution in [3.05, 3.63) is 91.0 Å². The van der Waals surface area contributed by atoms with Gasteiger partial charge in [0.1, 0.15) is 0 Å². The standard InChI is InChI=1S/C27H27O6P3/c1-34(28,29)25-10-4-19(5-11-25)22-16-23(20-6-12-26(13-7-20)35(2,30)31)18-24(17-22)21-8-14-27(15-9-21)36(3,32)33/h4-18H,1-3H3,(H,28,29)(H,30,31)(H,32,33). The molecule has 0 heterocycles. The van der Waals surface area contributed by atoms with Crippen LogP contribution in [0.4, 0.5) is 0 Å². The maximum absolute atomic E-state index is 12.0. The van der Waals surface area contributed by atoms with Crippen molar-refractivity contribution in [2.75, 3.05) is 20.0 Å². The smallest absolute Gasteiger partial charge is 0.226 e. The molecule has 3 atom stereocenters. The van der Waals surface area contributed by atoms with Crippen LogP contribution >= 0.6 is 22.1 Å². The molecule has 4 rings (SSSR count). The molecule has 3 unspecified atom stereocenters. The van der Waals surface area contributed by atoms with E-state index in [1.165, 1.54) is 20.0 Å². The fraction of sp³-hybridized carbons (Fsp3) is 0.111. The minimum Gasteiger partial charge on any atom is -0.341 e. The van der Waals surface area contributed by atoms with Crippen LogP contribution in [0, 0.1) is 0 Å². The highest BCUT2D eigenvalue weighted by Crippen LogP contribution is 2.38. The lowest BCUT2D eigenvalue weighted by Gasteiger charge is -2.14. The molecule has 6 nitrogen and oxygen atoms in total. The minimum absolute atomic E-state index is 0.370. The lowest BCUT2D eigenvalue weighted by Crippen LogP contribution is -2.02. The van der Waals surface area contributed by atoms with Gasteiger partial charge in [-0.1, -0.05) is 36.4 Å². The van der Waals surface area contributed by atoms with Gasteiger partial charge in [-0.15, -0.1) is 0 Å². The van der Waals surface area contributed by atoms with E-state index >= 15 is 0 Å². The van der Waals surface area contributed by atoms with Crippen molar-refractivity contribution in [3.8, 4) is 33.4 Å². The molecule has 0 aromatic heterocycles. The maximum Gasteiger partial charge on any atom is 0.226 e. The van der Waals surface area contributed by atoms with Gasteiger partial charge in [0, 0.05) is 35.9 Å². The van der Waals surface area contributed by atoms with Gasteiger partial charge in [0.2, 0.25) is 22.1 Å². The monoisotopic (exact) mass is 540 g/mol. The first kappa shape index (κ1) is 26.5. The molecule has 0 saturated heterocycles. The largest absolute Gasteiger partial charge is 0.341 e. The first-order valence-electron chi connectivity index (χ1n) is 11.1. The van der Waals surface area contributed by atoms with Gasteiger partial charge in [-0.05, 0) is 88.0 Å². The van der Waals surface area contributed by atoms with Crippen LogP contribution in [0.1, 0.15) is 0 Å². The molecule has 0 bridgehead atoms. The Balaban J connectivity index is 1.85. The van der Waals surface area contributed by atoms with E-state index in [9.17, 15) is 28.4 Å². The maximum atomic E-state index is 12.0. The van der Waals surface area contributed by atoms with Crippen molar-refractivity contribution in [2.45, 2.75) is 0 Å². The van der Waals surface area contributed by atoms with Crippen LogP contribution in [0.5, 0.6) is 0 Å². The highest BCUT2D eigenvalue weighted by atomic mass is 31.2. The first-order chi connectivity index (χ1) is 16.7. The summed E-state index contributed by atoms with van der Waals surface area (Å²) in [6.45, 7) is 3.91. The Morgan fingerprint density at radius 2 is 0.583 bits per heavy atom. The number of rotatable bonds is 6. The summed E-state index contributed by atoms with van der Waals surface area (Å²) in [7, 11) is -10.1. The van der Waals surface area contributed by atoms with Crippen molar-refractivity contribution in [2.24, 2.45) is 0 Å². The normalized spacial score (nSPS) is 16.5. The molecule has 0 aliphatic carbocycles. The van der Waals surface area contributed by atoms with Crippen molar-refractivity contribution in [1.29, 1.82) is 0 Å². The van der Waals surface area contributed by atoms with Crippen molar-refractivity contribution >= 4 is 38.0 Å². The van der Waals surface area contributed by atoms with Crippen LogP contribution in [-0.4, -0.2) is 34.7 Å². The fourth-order valence-electron chi connectivity index (χ4n) is 3.92. The summed E-state index contributed by atoms with van der Waals surface area (Å²) in [5.41, 5.74) is 5.18. The molecular formula is C27H27O6P3. The Labute approximate surface area is 210 Å². The van der Waals surface area contributed by atoms with Crippen molar-refractivity contribution in [1.82, 2.24) is 0 Å². The first-order valence-corrected chi connectivity index (χ1v) is 17.4. The Hall–Kier alpha value is -2.55. The molecule has 3 N–H and O–H groups in total. The molecule has 0 aliphatic heterocycles. The van der Waals surface area contributed by atoms with Crippen LogP contribution in [0.15, 0.2) is 91.0 Å². The SMILES string of the molecule is CP(=O)(O)c1ccc(-c2cc(-c3ccc(P(C)(=O)O)cc3)cc(-c3ccc(P(C)(=O)O)cc3)c2)cc1. The average Bonchev–Trinajstić information content (AvgIpc) is 2.82. The van der Waals surface area contributed by atoms with Crippen LogP contribution in [-0.2, 0) is 13.7 Å². The van der Waals surface area contributed by atoms with E-state index in [1.807, 2.05) is 18.2 Å². The Kier molecular flexibility index (Phi) is 7.16. The van der Waals surface area contributed by atoms with Gasteiger partial charge in [-0.2, -0.15) is 0 Å². The van der Waals surface area contributed by atoms with Crippen molar-refractivity contribution < 1.29 is 28.4 Å². The molecule has 36 heavy (non-hydrogen) atoms. The van der Waals surface area contributed by atoms with E-state index in [2.05, 4.69) is 0 Å². The summed E-state index contributed by atoms with van der Waals surface area (Å²) in [6.07, 6.45) is 0. The van der Waals surface area contributed by atoms with Crippen LogP contribution < -0.4 is 15.9 Å². The van der Waals surface area contributed by atoms with E-state index in [4.69, 9.17) is 0 Å². The summed E-state index contributed by atoms with van der Waals surface area (Å²) in [5.74, 6) is 0. The highest BCUT2D eigenvalue weighted by Gasteiger charge is 2.17. The molecule has 0 fully saturated rings. The Morgan fingerprint density at radius 3 is 0.750 bits per heavy atom. The second-order valence-electron chi connectivity index (χ2n) is 9.08. The number of benzene rings is 4. The quantitative estimate of drug-likeness (QED) is 0.288. The van der Waals surface area contributed by atoms with E-state index in [1.54, 1.807) is 72.8 Å². The van der Waals surface area contributed by atoms with Crippen LogP contribution in [0.25, 0.3) is 33.4 Å². The molecule has 0 saturated carbocycles. The van der Waals surface area contributed by atoms with Gasteiger partial charge in [0.05, 0.1) is 0 Å². The zero-order valence-corrected chi connectivity index (χ0v) is 22.8. The van der Waals surface area contributed by atoms with E-state index in [-0.39, 0.29) is 0 Å². The van der Waals surface area contributed by atoms with Gasteiger partial charge in [-0.25, -0.2) is 0 Å². The topological polar surface area (TPSA) is 112 Å². The second-order valence-corrected chi connectivity index (χ2v) is 15.9. The average molecular weight is 540 g/mol. The molecule has 0 radical (unpaired) electrons. The molecule has 4 aromatic carbocycles. The molecule has 0 spiro atoms. The predicted molar refractivity (Wildman–Crippen MR) is 149 cm³/mol. The number of hydrogen-bond donors (Lipinski definition) is 3. The fourth-order valence-corrected chi connectivity index (χ4v) is 6.03. The van der Waals surface area contributed by atoms with Gasteiger partial charge in [0.25, 0.3) is 0 Å². The lowest BCUT2D eigenvalue weighted by atomic mass is 9.93. The van der Waals surface area contributed by atoms with E-state index in [0.29, 0.717) is 15.9 Å². The van der Waals surface area contributed by atoms with Gasteiger partial charge >= 0.3 is 0 Å². The molecule has 186 valence electrons. The second kappa shape index (κ2) is 9.72. The van der Waals surface area contributed by atoms with Crippen molar-refractivity contribution in [3.63, 3.8) is 0 Å². The zero-order valence-electron chi connectivity index (χ0n) is 20.1. The lowest BCUT2D eigenvalue weighted by molar-refractivity contribution is 0.495. The molecule has 4 aromatic rings. The highest BCUT2D eigenvalue weighted by molar-refractivity contribution is 7.65. The zero-order chi connectivity index (χ0) is 26.3. The molecule has 0 amide bonds. The third-order valence-corrected chi connectivity index (χ3v) is 9.74. The molecule has 0 aliphatic rings. The third kappa shape index (κ3) is 6.05. The summed E-state index contributed by atoms with van der Waals surface area (Å²) < 4.78 is 36.1.